The largest absolute Gasteiger partial charge is 0.352 e. The normalized spacial score (nSPS) is 12.3. The second-order valence-corrected chi connectivity index (χ2v) is 9.50. The summed E-state index contributed by atoms with van der Waals surface area (Å²) in [4.78, 5) is 6.32. The Morgan fingerprint density at radius 3 is 2.40 bits per heavy atom. The highest BCUT2D eigenvalue weighted by Crippen LogP contribution is 2.18. The molecule has 166 valence electrons. The summed E-state index contributed by atoms with van der Waals surface area (Å²) in [5.41, 5.74) is 0.859. The highest BCUT2D eigenvalue weighted by atomic mass is 127. The van der Waals surface area contributed by atoms with Crippen molar-refractivity contribution in [1.82, 2.24) is 14.9 Å². The van der Waals surface area contributed by atoms with Gasteiger partial charge in [0.2, 0.25) is 10.0 Å². The molecule has 0 saturated heterocycles. The Morgan fingerprint density at radius 2 is 1.80 bits per heavy atom. The van der Waals surface area contributed by atoms with Gasteiger partial charge < -0.3 is 10.2 Å². The van der Waals surface area contributed by atoms with Crippen LogP contribution < -0.4 is 10.0 Å². The van der Waals surface area contributed by atoms with Crippen LogP contribution in [0.1, 0.15) is 31.9 Å². The van der Waals surface area contributed by atoms with E-state index in [0.29, 0.717) is 18.1 Å². The Morgan fingerprint density at radius 1 is 1.13 bits per heavy atom. The van der Waals surface area contributed by atoms with Gasteiger partial charge in [-0.2, -0.15) is 0 Å². The molecule has 0 amide bonds. The van der Waals surface area contributed by atoms with E-state index in [-0.39, 0.29) is 41.2 Å². The van der Waals surface area contributed by atoms with E-state index in [4.69, 9.17) is 0 Å². The van der Waals surface area contributed by atoms with Gasteiger partial charge in [-0.05, 0) is 50.1 Å². The molecule has 2 rings (SSSR count). The molecule has 0 atom stereocenters. The highest BCUT2D eigenvalue weighted by molar-refractivity contribution is 14.0. The zero-order valence-electron chi connectivity index (χ0n) is 17.9. The molecule has 6 nitrogen and oxygen atoms in total. The molecule has 0 bridgehead atoms. The van der Waals surface area contributed by atoms with Crippen molar-refractivity contribution in [2.24, 2.45) is 4.99 Å². The summed E-state index contributed by atoms with van der Waals surface area (Å²) < 4.78 is 41.6. The lowest BCUT2D eigenvalue weighted by Gasteiger charge is -2.24. The number of nitrogens with one attached hydrogen (secondary N) is 2. The number of hydrogen-bond acceptors (Lipinski definition) is 3. The van der Waals surface area contributed by atoms with Gasteiger partial charge in [0.15, 0.2) is 5.96 Å². The van der Waals surface area contributed by atoms with Crippen molar-refractivity contribution in [2.75, 3.05) is 14.1 Å². The molecule has 2 N–H and O–H groups in total. The molecule has 0 aliphatic heterocycles. The lowest BCUT2D eigenvalue weighted by molar-refractivity contribution is 0.473. The molecule has 0 fully saturated rings. The topological polar surface area (TPSA) is 73.8 Å². The van der Waals surface area contributed by atoms with Gasteiger partial charge in [-0.25, -0.2) is 17.5 Å². The molecular formula is C21H30FIN4O2S. The molecule has 2 aromatic carbocycles. The first-order chi connectivity index (χ1) is 13.5. The third kappa shape index (κ3) is 7.84. The van der Waals surface area contributed by atoms with Crippen LogP contribution in [0.5, 0.6) is 0 Å². The van der Waals surface area contributed by atoms with Crippen LogP contribution >= 0.6 is 24.0 Å². The average molecular weight is 548 g/mol. The number of benzene rings is 2. The van der Waals surface area contributed by atoms with E-state index >= 15 is 0 Å². The number of aliphatic imine (C=N–C) groups is 1. The maximum Gasteiger partial charge on any atom is 0.241 e. The van der Waals surface area contributed by atoms with Crippen LogP contribution in [0.4, 0.5) is 4.39 Å². The average Bonchev–Trinajstić information content (AvgIpc) is 2.60. The standard InChI is InChI=1S/C21H29FN4O2S.HI/c1-21(2,3)25-29(27,28)19-12-7-6-10-17(19)14-24-20(23-4)26(5)15-16-9-8-11-18(22)13-16;/h6-13,25H,14-15H2,1-5H3,(H,23,24);1H. The number of halogens is 2. The fraction of sp³-hybridized carbons (Fsp3) is 0.381. The summed E-state index contributed by atoms with van der Waals surface area (Å²) in [5, 5.41) is 3.19. The van der Waals surface area contributed by atoms with Crippen LogP contribution in [-0.2, 0) is 23.1 Å². The summed E-state index contributed by atoms with van der Waals surface area (Å²) in [6.07, 6.45) is 0. The predicted octanol–water partition coefficient (Wildman–Crippen LogP) is 3.73. The van der Waals surface area contributed by atoms with Crippen molar-refractivity contribution < 1.29 is 12.8 Å². The van der Waals surface area contributed by atoms with Gasteiger partial charge in [0.25, 0.3) is 0 Å². The van der Waals surface area contributed by atoms with E-state index in [1.54, 1.807) is 58.2 Å². The maximum atomic E-state index is 13.4. The Hall–Kier alpha value is -1.72. The number of sulfonamides is 1. The molecule has 0 heterocycles. The minimum Gasteiger partial charge on any atom is -0.352 e. The molecule has 0 aromatic heterocycles. The van der Waals surface area contributed by atoms with Gasteiger partial charge in [-0.3, -0.25) is 4.99 Å². The summed E-state index contributed by atoms with van der Waals surface area (Å²) in [7, 11) is -0.178. The van der Waals surface area contributed by atoms with Gasteiger partial charge >= 0.3 is 0 Å². The molecular weight excluding hydrogens is 518 g/mol. The van der Waals surface area contributed by atoms with E-state index in [1.807, 2.05) is 18.0 Å². The maximum absolute atomic E-state index is 13.4. The first-order valence-corrected chi connectivity index (χ1v) is 10.8. The molecule has 0 spiro atoms. The van der Waals surface area contributed by atoms with Crippen LogP contribution in [0.15, 0.2) is 58.4 Å². The van der Waals surface area contributed by atoms with Crippen LogP contribution in [0.3, 0.4) is 0 Å². The zero-order chi connectivity index (χ0) is 21.7. The number of guanidine groups is 1. The minimum atomic E-state index is -3.66. The molecule has 2 aromatic rings. The van der Waals surface area contributed by atoms with Crippen molar-refractivity contribution in [3.8, 4) is 0 Å². The molecule has 0 saturated carbocycles. The van der Waals surface area contributed by atoms with Crippen LogP contribution in [0.25, 0.3) is 0 Å². The van der Waals surface area contributed by atoms with Crippen LogP contribution in [-0.4, -0.2) is 38.9 Å². The van der Waals surface area contributed by atoms with E-state index in [0.717, 1.165) is 5.56 Å². The van der Waals surface area contributed by atoms with Crippen LogP contribution in [0.2, 0.25) is 0 Å². The summed E-state index contributed by atoms with van der Waals surface area (Å²) in [6, 6.07) is 13.2. The molecule has 30 heavy (non-hydrogen) atoms. The van der Waals surface area contributed by atoms with E-state index in [1.165, 1.54) is 12.1 Å². The fourth-order valence-corrected chi connectivity index (χ4v) is 4.57. The van der Waals surface area contributed by atoms with Crippen molar-refractivity contribution in [1.29, 1.82) is 0 Å². The summed E-state index contributed by atoms with van der Waals surface area (Å²) >= 11 is 0. The zero-order valence-corrected chi connectivity index (χ0v) is 21.1. The molecule has 0 aliphatic carbocycles. The van der Waals surface area contributed by atoms with E-state index in [9.17, 15) is 12.8 Å². The Balaban J connectivity index is 0.00000450. The van der Waals surface area contributed by atoms with Gasteiger partial charge in [0.05, 0.1) is 4.90 Å². The Kier molecular flexibility index (Phi) is 9.70. The monoisotopic (exact) mass is 548 g/mol. The first kappa shape index (κ1) is 26.3. The summed E-state index contributed by atoms with van der Waals surface area (Å²) in [6.45, 7) is 6.14. The van der Waals surface area contributed by atoms with Gasteiger partial charge in [-0.15, -0.1) is 24.0 Å². The van der Waals surface area contributed by atoms with E-state index in [2.05, 4.69) is 15.0 Å². The molecule has 0 unspecified atom stereocenters. The van der Waals surface area contributed by atoms with Crippen LogP contribution in [0, 0.1) is 5.82 Å². The SMILES string of the molecule is CN=C(NCc1ccccc1S(=O)(=O)NC(C)(C)C)N(C)Cc1cccc(F)c1.I. The Bertz CT molecular complexity index is 975. The lowest BCUT2D eigenvalue weighted by Crippen LogP contribution is -2.41. The van der Waals surface area contributed by atoms with Crippen molar-refractivity contribution in [3.05, 3.63) is 65.5 Å². The second-order valence-electron chi connectivity index (χ2n) is 7.85. The van der Waals surface area contributed by atoms with E-state index < -0.39 is 15.6 Å². The fourth-order valence-electron chi connectivity index (χ4n) is 2.91. The third-order valence-corrected chi connectivity index (χ3v) is 5.88. The number of rotatable bonds is 6. The third-order valence-electron chi connectivity index (χ3n) is 4.02. The number of nitrogens with zero attached hydrogens (tertiary/aromatic N) is 2. The predicted molar refractivity (Wildman–Crippen MR) is 130 cm³/mol. The van der Waals surface area contributed by atoms with Crippen molar-refractivity contribution in [3.63, 3.8) is 0 Å². The Labute approximate surface area is 196 Å². The second kappa shape index (κ2) is 11.1. The minimum absolute atomic E-state index is 0. The first-order valence-electron chi connectivity index (χ1n) is 9.30. The van der Waals surface area contributed by atoms with Crippen molar-refractivity contribution in [2.45, 2.75) is 44.3 Å². The highest BCUT2D eigenvalue weighted by Gasteiger charge is 2.24. The quantitative estimate of drug-likeness (QED) is 0.328. The van der Waals surface area contributed by atoms with Crippen molar-refractivity contribution >= 4 is 40.0 Å². The molecule has 0 radical (unpaired) electrons. The van der Waals surface area contributed by atoms with Gasteiger partial charge in [0.1, 0.15) is 5.82 Å². The lowest BCUT2D eigenvalue weighted by atomic mass is 10.1. The smallest absolute Gasteiger partial charge is 0.241 e. The van der Waals surface area contributed by atoms with Gasteiger partial charge in [0, 0.05) is 32.7 Å². The molecule has 0 aliphatic rings. The molecule has 9 heteroatoms. The summed E-state index contributed by atoms with van der Waals surface area (Å²) in [5.74, 6) is 0.287. The van der Waals surface area contributed by atoms with Gasteiger partial charge in [-0.1, -0.05) is 30.3 Å². The number of hydrogen-bond donors (Lipinski definition) is 2.